The van der Waals surface area contributed by atoms with Gasteiger partial charge < -0.3 is 15.4 Å². The number of benzene rings is 1. The van der Waals surface area contributed by atoms with Crippen molar-refractivity contribution in [3.05, 3.63) is 29.8 Å². The molecule has 1 heterocycles. The molecule has 110 valence electrons. The molecule has 1 saturated heterocycles. The maximum Gasteiger partial charge on any atom is 0.222 e. The molecular formula is C16H24N2O2. The van der Waals surface area contributed by atoms with Crippen molar-refractivity contribution in [2.24, 2.45) is 11.7 Å². The maximum atomic E-state index is 12.2. The molecule has 2 rings (SSSR count). The largest absolute Gasteiger partial charge is 0.496 e. The Bertz CT molecular complexity index is 462. The molecule has 2 atom stereocenters. The predicted molar refractivity (Wildman–Crippen MR) is 79.7 cm³/mol. The van der Waals surface area contributed by atoms with E-state index >= 15 is 0 Å². The number of methoxy groups -OCH3 is 1. The number of carbonyl (C=O) groups is 1. The van der Waals surface area contributed by atoms with Crippen molar-refractivity contribution in [3.63, 3.8) is 0 Å². The molecule has 1 aliphatic rings. The van der Waals surface area contributed by atoms with E-state index in [4.69, 9.17) is 10.5 Å². The first-order valence-corrected chi connectivity index (χ1v) is 7.25. The summed E-state index contributed by atoms with van der Waals surface area (Å²) in [6, 6.07) is 8.15. The summed E-state index contributed by atoms with van der Waals surface area (Å²) in [7, 11) is 1.68. The zero-order chi connectivity index (χ0) is 14.5. The van der Waals surface area contributed by atoms with E-state index in [0.29, 0.717) is 18.9 Å². The van der Waals surface area contributed by atoms with Gasteiger partial charge in [-0.05, 0) is 30.4 Å². The van der Waals surface area contributed by atoms with Crippen LogP contribution in [-0.2, 0) is 11.2 Å². The minimum Gasteiger partial charge on any atom is -0.496 e. The van der Waals surface area contributed by atoms with Crippen molar-refractivity contribution in [2.45, 2.75) is 32.2 Å². The number of hydrogen-bond acceptors (Lipinski definition) is 3. The number of carbonyl (C=O) groups excluding carboxylic acids is 1. The van der Waals surface area contributed by atoms with Crippen molar-refractivity contribution < 1.29 is 9.53 Å². The monoisotopic (exact) mass is 276 g/mol. The lowest BCUT2D eigenvalue weighted by Gasteiger charge is -2.19. The molecule has 20 heavy (non-hydrogen) atoms. The highest BCUT2D eigenvalue weighted by Crippen LogP contribution is 2.23. The van der Waals surface area contributed by atoms with Gasteiger partial charge in [0.1, 0.15) is 5.75 Å². The first-order valence-electron chi connectivity index (χ1n) is 7.25. The van der Waals surface area contributed by atoms with Crippen LogP contribution in [0.3, 0.4) is 0 Å². The molecular weight excluding hydrogens is 252 g/mol. The fourth-order valence-corrected chi connectivity index (χ4v) is 2.76. The second-order valence-corrected chi connectivity index (χ2v) is 5.71. The highest BCUT2D eigenvalue weighted by Gasteiger charge is 2.24. The van der Waals surface area contributed by atoms with Crippen LogP contribution in [0.5, 0.6) is 5.75 Å². The first-order chi connectivity index (χ1) is 9.60. The Morgan fingerprint density at radius 2 is 2.25 bits per heavy atom. The quantitative estimate of drug-likeness (QED) is 0.892. The molecule has 2 N–H and O–H groups in total. The summed E-state index contributed by atoms with van der Waals surface area (Å²) in [6.45, 7) is 3.63. The Morgan fingerprint density at radius 3 is 2.90 bits per heavy atom. The van der Waals surface area contributed by atoms with Gasteiger partial charge in [0.2, 0.25) is 5.91 Å². The average molecular weight is 276 g/mol. The average Bonchev–Trinajstić information content (AvgIpc) is 2.86. The Balaban J connectivity index is 1.89. The van der Waals surface area contributed by atoms with E-state index in [-0.39, 0.29) is 11.9 Å². The van der Waals surface area contributed by atoms with Crippen LogP contribution in [-0.4, -0.2) is 37.0 Å². The lowest BCUT2D eigenvalue weighted by Crippen LogP contribution is -2.32. The first kappa shape index (κ1) is 14.9. The second-order valence-electron chi connectivity index (χ2n) is 5.71. The van der Waals surface area contributed by atoms with Crippen LogP contribution < -0.4 is 10.5 Å². The lowest BCUT2D eigenvalue weighted by molar-refractivity contribution is -0.131. The number of nitrogens with two attached hydrogens (primary N) is 1. The zero-order valence-electron chi connectivity index (χ0n) is 12.3. The van der Waals surface area contributed by atoms with Gasteiger partial charge in [0.25, 0.3) is 0 Å². The molecule has 0 unspecified atom stereocenters. The fraction of sp³-hybridized carbons (Fsp3) is 0.562. The van der Waals surface area contributed by atoms with E-state index in [2.05, 4.69) is 13.0 Å². The van der Waals surface area contributed by atoms with Gasteiger partial charge in [0.15, 0.2) is 0 Å². The third kappa shape index (κ3) is 3.73. The number of ether oxygens (including phenoxy) is 1. The summed E-state index contributed by atoms with van der Waals surface area (Å²) in [4.78, 5) is 14.1. The van der Waals surface area contributed by atoms with Crippen LogP contribution >= 0.6 is 0 Å². The fourth-order valence-electron chi connectivity index (χ4n) is 2.76. The maximum absolute atomic E-state index is 12.2. The Morgan fingerprint density at radius 1 is 1.50 bits per heavy atom. The van der Waals surface area contributed by atoms with Crippen molar-refractivity contribution >= 4 is 5.91 Å². The number of nitrogens with zero attached hydrogens (tertiary/aromatic N) is 1. The Kier molecular flexibility index (Phi) is 5.01. The minimum atomic E-state index is 0.156. The van der Waals surface area contributed by atoms with Gasteiger partial charge in [0, 0.05) is 25.6 Å². The Labute approximate surface area is 120 Å². The summed E-state index contributed by atoms with van der Waals surface area (Å²) >= 11 is 0. The summed E-state index contributed by atoms with van der Waals surface area (Å²) in [5, 5.41) is 0. The molecule has 0 saturated carbocycles. The molecule has 1 aromatic carbocycles. The second kappa shape index (κ2) is 6.75. The third-order valence-corrected chi connectivity index (χ3v) is 3.86. The predicted octanol–water partition coefficient (Wildman–Crippen LogP) is 1.82. The standard InChI is InChI=1S/C16H24N2O2/c1-12(9-13-5-3-4-6-15(13)20-2)10-16(19)18-8-7-14(17)11-18/h3-6,12,14H,7-11,17H2,1-2H3/t12-,14+/m1/s1. The van der Waals surface area contributed by atoms with Crippen molar-refractivity contribution in [1.29, 1.82) is 0 Å². The zero-order valence-corrected chi connectivity index (χ0v) is 12.3. The minimum absolute atomic E-state index is 0.156. The van der Waals surface area contributed by atoms with Gasteiger partial charge in [-0.2, -0.15) is 0 Å². The van der Waals surface area contributed by atoms with E-state index in [9.17, 15) is 4.79 Å². The normalized spacial score (nSPS) is 19.9. The van der Waals surface area contributed by atoms with Crippen LogP contribution in [0.25, 0.3) is 0 Å². The summed E-state index contributed by atoms with van der Waals surface area (Å²) in [5.41, 5.74) is 7.01. The molecule has 4 heteroatoms. The topological polar surface area (TPSA) is 55.6 Å². The van der Waals surface area contributed by atoms with Gasteiger partial charge in [-0.15, -0.1) is 0 Å². The smallest absolute Gasteiger partial charge is 0.222 e. The van der Waals surface area contributed by atoms with Crippen LogP contribution in [0.15, 0.2) is 24.3 Å². The van der Waals surface area contributed by atoms with Gasteiger partial charge in [-0.25, -0.2) is 0 Å². The highest BCUT2D eigenvalue weighted by atomic mass is 16.5. The summed E-state index contributed by atoms with van der Waals surface area (Å²) in [5.74, 6) is 1.42. The van der Waals surface area contributed by atoms with Crippen LogP contribution in [0, 0.1) is 5.92 Å². The summed E-state index contributed by atoms with van der Waals surface area (Å²) in [6.07, 6.45) is 2.35. The van der Waals surface area contributed by atoms with Gasteiger partial charge in [0.05, 0.1) is 7.11 Å². The number of rotatable bonds is 5. The summed E-state index contributed by atoms with van der Waals surface area (Å²) < 4.78 is 5.35. The molecule has 0 spiro atoms. The number of hydrogen-bond donors (Lipinski definition) is 1. The van der Waals surface area contributed by atoms with E-state index in [1.807, 2.05) is 23.1 Å². The molecule has 0 bridgehead atoms. The van der Waals surface area contributed by atoms with E-state index in [1.165, 1.54) is 0 Å². The molecule has 4 nitrogen and oxygen atoms in total. The van der Waals surface area contributed by atoms with Crippen LogP contribution in [0.1, 0.15) is 25.3 Å². The van der Waals surface area contributed by atoms with Gasteiger partial charge in [-0.3, -0.25) is 4.79 Å². The lowest BCUT2D eigenvalue weighted by atomic mass is 9.97. The third-order valence-electron chi connectivity index (χ3n) is 3.86. The SMILES string of the molecule is COc1ccccc1C[C@@H](C)CC(=O)N1CC[C@H](N)C1. The molecule has 1 aliphatic heterocycles. The molecule has 0 aliphatic carbocycles. The molecule has 0 radical (unpaired) electrons. The van der Waals surface area contributed by atoms with Gasteiger partial charge >= 0.3 is 0 Å². The van der Waals surface area contributed by atoms with Crippen molar-refractivity contribution in [2.75, 3.05) is 20.2 Å². The number of para-hydroxylation sites is 1. The van der Waals surface area contributed by atoms with Crippen LogP contribution in [0.2, 0.25) is 0 Å². The highest BCUT2D eigenvalue weighted by molar-refractivity contribution is 5.76. The Hall–Kier alpha value is -1.55. The number of likely N-dealkylation sites (tertiary alicyclic amines) is 1. The van der Waals surface area contributed by atoms with E-state index in [1.54, 1.807) is 7.11 Å². The molecule has 0 aromatic heterocycles. The van der Waals surface area contributed by atoms with Crippen LogP contribution in [0.4, 0.5) is 0 Å². The van der Waals surface area contributed by atoms with Crippen molar-refractivity contribution in [1.82, 2.24) is 4.90 Å². The molecule has 1 fully saturated rings. The molecule has 1 aromatic rings. The van der Waals surface area contributed by atoms with E-state index < -0.39 is 0 Å². The molecule has 1 amide bonds. The van der Waals surface area contributed by atoms with Gasteiger partial charge in [-0.1, -0.05) is 25.1 Å². The van der Waals surface area contributed by atoms with E-state index in [0.717, 1.165) is 30.7 Å². The van der Waals surface area contributed by atoms with Crippen molar-refractivity contribution in [3.8, 4) is 5.75 Å². The number of amides is 1.